The second-order valence-corrected chi connectivity index (χ2v) is 7.70. The van der Waals surface area contributed by atoms with E-state index in [1.807, 2.05) is 0 Å². The SMILES string of the molecule is CS(=O)(=O)Nc1nc(CC(=O)N(CCO)C2CCC2)cs1. The molecule has 0 atom stereocenters. The van der Waals surface area contributed by atoms with E-state index < -0.39 is 10.0 Å². The summed E-state index contributed by atoms with van der Waals surface area (Å²) in [6.45, 7) is 0.280. The largest absolute Gasteiger partial charge is 0.395 e. The molecule has 0 radical (unpaired) electrons. The fourth-order valence-corrected chi connectivity index (χ4v) is 3.73. The first-order valence-electron chi connectivity index (χ1n) is 6.71. The third-order valence-corrected chi connectivity index (χ3v) is 4.83. The molecule has 2 N–H and O–H groups in total. The van der Waals surface area contributed by atoms with E-state index in [4.69, 9.17) is 5.11 Å². The van der Waals surface area contributed by atoms with Crippen LogP contribution in [-0.4, -0.2) is 54.8 Å². The summed E-state index contributed by atoms with van der Waals surface area (Å²) >= 11 is 1.15. The Morgan fingerprint density at radius 3 is 2.81 bits per heavy atom. The van der Waals surface area contributed by atoms with E-state index in [9.17, 15) is 13.2 Å². The zero-order valence-electron chi connectivity index (χ0n) is 11.8. The van der Waals surface area contributed by atoms with Gasteiger partial charge >= 0.3 is 0 Å². The molecule has 0 bridgehead atoms. The number of anilines is 1. The normalized spacial score (nSPS) is 15.5. The van der Waals surface area contributed by atoms with E-state index >= 15 is 0 Å². The second-order valence-electron chi connectivity index (χ2n) is 5.09. The Morgan fingerprint density at radius 1 is 1.57 bits per heavy atom. The van der Waals surface area contributed by atoms with Gasteiger partial charge in [-0.1, -0.05) is 0 Å². The van der Waals surface area contributed by atoms with Crippen LogP contribution in [0.1, 0.15) is 25.0 Å². The summed E-state index contributed by atoms with van der Waals surface area (Å²) in [5.41, 5.74) is 0.540. The number of aliphatic hydroxyl groups excluding tert-OH is 1. The maximum Gasteiger partial charge on any atom is 0.231 e. The van der Waals surface area contributed by atoms with Crippen LogP contribution in [0, 0.1) is 0 Å². The molecule has 1 amide bonds. The molecular weight excluding hydrogens is 314 g/mol. The molecule has 7 nitrogen and oxygen atoms in total. The molecule has 21 heavy (non-hydrogen) atoms. The number of hydrogen-bond donors (Lipinski definition) is 2. The van der Waals surface area contributed by atoms with Crippen molar-refractivity contribution >= 4 is 32.4 Å². The van der Waals surface area contributed by atoms with Gasteiger partial charge in [0, 0.05) is 18.0 Å². The van der Waals surface area contributed by atoms with Crippen LogP contribution in [0.4, 0.5) is 5.13 Å². The van der Waals surface area contributed by atoms with Crippen molar-refractivity contribution in [2.75, 3.05) is 24.1 Å². The fraction of sp³-hybridized carbons (Fsp3) is 0.667. The van der Waals surface area contributed by atoms with E-state index in [1.165, 1.54) is 0 Å². The van der Waals surface area contributed by atoms with Crippen LogP contribution in [0.5, 0.6) is 0 Å². The average molecular weight is 333 g/mol. The van der Waals surface area contributed by atoms with Gasteiger partial charge < -0.3 is 10.0 Å². The van der Waals surface area contributed by atoms with Crippen molar-refractivity contribution in [2.24, 2.45) is 0 Å². The Morgan fingerprint density at radius 2 is 2.29 bits per heavy atom. The van der Waals surface area contributed by atoms with Gasteiger partial charge in [-0.05, 0) is 19.3 Å². The van der Waals surface area contributed by atoms with Gasteiger partial charge in [0.25, 0.3) is 0 Å². The third-order valence-electron chi connectivity index (χ3n) is 3.33. The number of nitrogens with one attached hydrogen (secondary N) is 1. The first kappa shape index (κ1) is 16.2. The smallest absolute Gasteiger partial charge is 0.231 e. The molecule has 0 aromatic carbocycles. The number of hydrogen-bond acceptors (Lipinski definition) is 6. The van der Waals surface area contributed by atoms with Gasteiger partial charge in [-0.25, -0.2) is 13.4 Å². The quantitative estimate of drug-likeness (QED) is 0.754. The molecule has 0 aliphatic heterocycles. The zero-order valence-corrected chi connectivity index (χ0v) is 13.4. The summed E-state index contributed by atoms with van der Waals surface area (Å²) in [7, 11) is -3.36. The number of amides is 1. The summed E-state index contributed by atoms with van der Waals surface area (Å²) < 4.78 is 24.5. The molecule has 9 heteroatoms. The van der Waals surface area contributed by atoms with Gasteiger partial charge in [0.05, 0.1) is 25.0 Å². The first-order valence-corrected chi connectivity index (χ1v) is 9.48. The van der Waals surface area contributed by atoms with Crippen molar-refractivity contribution in [1.29, 1.82) is 0 Å². The second kappa shape index (κ2) is 6.71. The number of nitrogens with zero attached hydrogens (tertiary/aromatic N) is 2. The molecule has 1 aromatic heterocycles. The number of aliphatic hydroxyl groups is 1. The van der Waals surface area contributed by atoms with Crippen LogP contribution < -0.4 is 4.72 Å². The lowest BCUT2D eigenvalue weighted by molar-refractivity contribution is -0.135. The monoisotopic (exact) mass is 333 g/mol. The lowest BCUT2D eigenvalue weighted by Gasteiger charge is -2.37. The Hall–Kier alpha value is -1.19. The molecule has 0 spiro atoms. The molecule has 2 rings (SSSR count). The number of sulfonamides is 1. The van der Waals surface area contributed by atoms with Gasteiger partial charge in [0.2, 0.25) is 15.9 Å². The molecule has 1 aliphatic rings. The van der Waals surface area contributed by atoms with Crippen molar-refractivity contribution in [3.05, 3.63) is 11.1 Å². The molecule has 1 aromatic rings. The van der Waals surface area contributed by atoms with E-state index in [0.717, 1.165) is 36.9 Å². The summed E-state index contributed by atoms with van der Waals surface area (Å²) in [5.74, 6) is -0.0787. The van der Waals surface area contributed by atoms with Crippen molar-refractivity contribution < 1.29 is 18.3 Å². The van der Waals surface area contributed by atoms with Gasteiger partial charge in [-0.2, -0.15) is 0 Å². The van der Waals surface area contributed by atoms with Gasteiger partial charge in [0.1, 0.15) is 0 Å². The summed E-state index contributed by atoms with van der Waals surface area (Å²) in [6.07, 6.45) is 4.24. The predicted octanol–water partition coefficient (Wildman–Crippen LogP) is 0.430. The predicted molar refractivity (Wildman–Crippen MR) is 80.7 cm³/mol. The number of carbonyl (C=O) groups is 1. The van der Waals surface area contributed by atoms with E-state index in [1.54, 1.807) is 10.3 Å². The highest BCUT2D eigenvalue weighted by Gasteiger charge is 2.28. The van der Waals surface area contributed by atoms with E-state index in [2.05, 4.69) is 9.71 Å². The number of thiazole rings is 1. The summed E-state index contributed by atoms with van der Waals surface area (Å²) in [5, 5.41) is 11.0. The minimum atomic E-state index is -3.36. The molecule has 118 valence electrons. The van der Waals surface area contributed by atoms with Crippen LogP contribution in [-0.2, 0) is 21.2 Å². The summed E-state index contributed by atoms with van der Waals surface area (Å²) in [6, 6.07) is 0.219. The standard InChI is InChI=1S/C12H19N3O4S2/c1-21(18,19)14-12-13-9(8-20-12)7-11(17)15(5-6-16)10-3-2-4-10/h8,10,16H,2-7H2,1H3,(H,13,14). The van der Waals surface area contributed by atoms with Crippen molar-refractivity contribution in [3.63, 3.8) is 0 Å². The highest BCUT2D eigenvalue weighted by Crippen LogP contribution is 2.25. The van der Waals surface area contributed by atoms with E-state index in [0.29, 0.717) is 12.2 Å². The van der Waals surface area contributed by atoms with Gasteiger partial charge in [-0.3, -0.25) is 9.52 Å². The van der Waals surface area contributed by atoms with Gasteiger partial charge in [0.15, 0.2) is 5.13 Å². The minimum Gasteiger partial charge on any atom is -0.395 e. The average Bonchev–Trinajstić information content (AvgIpc) is 2.71. The van der Waals surface area contributed by atoms with Crippen LogP contribution >= 0.6 is 11.3 Å². The van der Waals surface area contributed by atoms with E-state index in [-0.39, 0.29) is 30.1 Å². The van der Waals surface area contributed by atoms with Crippen molar-refractivity contribution in [2.45, 2.75) is 31.7 Å². The Labute approximate surface area is 128 Å². The first-order chi connectivity index (χ1) is 9.89. The Kier molecular flexibility index (Phi) is 5.17. The summed E-state index contributed by atoms with van der Waals surface area (Å²) in [4.78, 5) is 18.1. The minimum absolute atomic E-state index is 0.0554. The van der Waals surface area contributed by atoms with Gasteiger partial charge in [-0.15, -0.1) is 11.3 Å². The molecule has 1 saturated carbocycles. The number of aromatic nitrogens is 1. The molecule has 1 fully saturated rings. The highest BCUT2D eigenvalue weighted by molar-refractivity contribution is 7.92. The van der Waals surface area contributed by atoms with Crippen LogP contribution in [0.3, 0.4) is 0 Å². The Balaban J connectivity index is 1.97. The fourth-order valence-electron chi connectivity index (χ4n) is 2.17. The van der Waals surface area contributed by atoms with Crippen LogP contribution in [0.15, 0.2) is 5.38 Å². The van der Waals surface area contributed by atoms with Crippen molar-refractivity contribution in [1.82, 2.24) is 9.88 Å². The molecule has 1 heterocycles. The maximum absolute atomic E-state index is 12.3. The lowest BCUT2D eigenvalue weighted by Crippen LogP contribution is -2.46. The van der Waals surface area contributed by atoms with Crippen molar-refractivity contribution in [3.8, 4) is 0 Å². The third kappa shape index (κ3) is 4.65. The molecule has 0 saturated heterocycles. The molecular formula is C12H19N3O4S2. The topological polar surface area (TPSA) is 99.6 Å². The Bertz CT molecular complexity index is 595. The van der Waals surface area contributed by atoms with Crippen LogP contribution in [0.2, 0.25) is 0 Å². The van der Waals surface area contributed by atoms with Crippen LogP contribution in [0.25, 0.3) is 0 Å². The zero-order chi connectivity index (χ0) is 15.5. The molecule has 0 unspecified atom stereocenters. The molecule has 1 aliphatic carbocycles. The highest BCUT2D eigenvalue weighted by atomic mass is 32.2. The number of carbonyl (C=O) groups excluding carboxylic acids is 1. The lowest BCUT2D eigenvalue weighted by atomic mass is 9.91. The maximum atomic E-state index is 12.3. The number of rotatable bonds is 7.